The Balaban J connectivity index is 1.21. The smallest absolute Gasteiger partial charge is 0.274 e. The number of piperidine rings is 1. The standard InChI is InChI=1S/C29H33N3O3/c1-35-25-11-9-22(10-12-25)17-28(33)30-26-13-14-27-24-16-23(19-32(27)29(26)34)18-31(20-24)15-5-8-21-6-3-2-4-7-21/h2-4,6-7,9-14,23-24H,5,8,15-20H2,1H3,(H,30,33). The summed E-state index contributed by atoms with van der Waals surface area (Å²) in [5.41, 5.74) is 3.66. The van der Waals surface area contributed by atoms with E-state index in [4.69, 9.17) is 4.74 Å². The van der Waals surface area contributed by atoms with Gasteiger partial charge in [0.25, 0.3) is 5.56 Å². The van der Waals surface area contributed by atoms with Crippen molar-refractivity contribution < 1.29 is 9.53 Å². The summed E-state index contributed by atoms with van der Waals surface area (Å²) >= 11 is 0. The van der Waals surface area contributed by atoms with Crippen molar-refractivity contribution in [1.82, 2.24) is 9.47 Å². The molecule has 2 bridgehead atoms. The van der Waals surface area contributed by atoms with E-state index in [1.807, 2.05) is 34.9 Å². The third-order valence-corrected chi connectivity index (χ3v) is 7.26. The Morgan fingerprint density at radius 1 is 0.971 bits per heavy atom. The molecule has 35 heavy (non-hydrogen) atoms. The molecule has 3 aromatic rings. The van der Waals surface area contributed by atoms with E-state index >= 15 is 0 Å². The average Bonchev–Trinajstić information content (AvgIpc) is 2.87. The second-order valence-electron chi connectivity index (χ2n) is 9.81. The minimum atomic E-state index is -0.187. The summed E-state index contributed by atoms with van der Waals surface area (Å²) in [7, 11) is 1.61. The van der Waals surface area contributed by atoms with Gasteiger partial charge >= 0.3 is 0 Å². The Bertz CT molecular complexity index is 1220. The van der Waals surface area contributed by atoms with Gasteiger partial charge in [0.05, 0.1) is 13.5 Å². The Kier molecular flexibility index (Phi) is 7.00. The minimum absolute atomic E-state index is 0.0854. The summed E-state index contributed by atoms with van der Waals surface area (Å²) in [6.45, 7) is 3.84. The van der Waals surface area contributed by atoms with E-state index in [0.29, 0.717) is 17.5 Å². The lowest BCUT2D eigenvalue weighted by atomic mass is 9.83. The molecule has 2 unspecified atom stereocenters. The highest BCUT2D eigenvalue weighted by molar-refractivity contribution is 5.92. The number of fused-ring (bicyclic) bond motifs is 4. The first kappa shape index (κ1) is 23.4. The Hall–Kier alpha value is -3.38. The van der Waals surface area contributed by atoms with Crippen molar-refractivity contribution in [1.29, 1.82) is 0 Å². The lowest BCUT2D eigenvalue weighted by molar-refractivity contribution is -0.115. The molecule has 1 amide bonds. The molecule has 2 aromatic carbocycles. The molecule has 2 aliphatic heterocycles. The number of aryl methyl sites for hydroxylation is 1. The van der Waals surface area contributed by atoms with Crippen molar-refractivity contribution in [3.8, 4) is 5.75 Å². The Morgan fingerprint density at radius 3 is 2.54 bits per heavy atom. The fraction of sp³-hybridized carbons (Fsp3) is 0.379. The zero-order chi connectivity index (χ0) is 24.2. The molecule has 0 radical (unpaired) electrons. The first-order chi connectivity index (χ1) is 17.1. The molecule has 5 rings (SSSR count). The molecule has 0 aliphatic carbocycles. The van der Waals surface area contributed by atoms with Gasteiger partial charge in [0, 0.05) is 31.2 Å². The number of nitrogens with zero attached hydrogens (tertiary/aromatic N) is 2. The van der Waals surface area contributed by atoms with Crippen molar-refractivity contribution in [2.24, 2.45) is 5.92 Å². The molecular weight excluding hydrogens is 438 g/mol. The van der Waals surface area contributed by atoms with Crippen molar-refractivity contribution in [3.63, 3.8) is 0 Å². The van der Waals surface area contributed by atoms with Crippen LogP contribution in [0.4, 0.5) is 5.69 Å². The number of likely N-dealkylation sites (tertiary alicyclic amines) is 1. The van der Waals surface area contributed by atoms with Gasteiger partial charge in [-0.2, -0.15) is 0 Å². The van der Waals surface area contributed by atoms with Crippen LogP contribution in [0, 0.1) is 5.92 Å². The van der Waals surface area contributed by atoms with Crippen molar-refractivity contribution in [2.75, 3.05) is 32.1 Å². The normalized spacial score (nSPS) is 19.1. The van der Waals surface area contributed by atoms with Gasteiger partial charge in [0.2, 0.25) is 5.91 Å². The Labute approximate surface area is 206 Å². The number of aromatic nitrogens is 1. The van der Waals surface area contributed by atoms with E-state index < -0.39 is 0 Å². The first-order valence-corrected chi connectivity index (χ1v) is 12.5. The average molecular weight is 472 g/mol. The summed E-state index contributed by atoms with van der Waals surface area (Å²) in [6, 6.07) is 21.9. The summed E-state index contributed by atoms with van der Waals surface area (Å²) in [6.07, 6.45) is 3.60. The summed E-state index contributed by atoms with van der Waals surface area (Å²) in [5, 5.41) is 2.84. The van der Waals surface area contributed by atoms with Crippen LogP contribution in [-0.4, -0.2) is 42.1 Å². The zero-order valence-corrected chi connectivity index (χ0v) is 20.3. The van der Waals surface area contributed by atoms with Gasteiger partial charge in [-0.05, 0) is 67.1 Å². The van der Waals surface area contributed by atoms with Gasteiger partial charge in [-0.15, -0.1) is 0 Å². The zero-order valence-electron chi connectivity index (χ0n) is 20.3. The molecule has 0 saturated carbocycles. The molecule has 2 aliphatic rings. The quantitative estimate of drug-likeness (QED) is 0.538. The van der Waals surface area contributed by atoms with Crippen LogP contribution >= 0.6 is 0 Å². The van der Waals surface area contributed by atoms with Gasteiger partial charge in [0.15, 0.2) is 0 Å². The van der Waals surface area contributed by atoms with Gasteiger partial charge in [0.1, 0.15) is 11.4 Å². The summed E-state index contributed by atoms with van der Waals surface area (Å²) in [4.78, 5) is 28.4. The van der Waals surface area contributed by atoms with Crippen molar-refractivity contribution >= 4 is 11.6 Å². The molecule has 2 atom stereocenters. The number of benzene rings is 2. The number of ether oxygens (including phenoxy) is 1. The second-order valence-corrected chi connectivity index (χ2v) is 9.81. The molecule has 6 nitrogen and oxygen atoms in total. The predicted molar refractivity (Wildman–Crippen MR) is 138 cm³/mol. The lowest BCUT2D eigenvalue weighted by Gasteiger charge is -2.43. The number of amides is 1. The topological polar surface area (TPSA) is 63.6 Å². The molecular formula is C29H33N3O3. The van der Waals surface area contributed by atoms with Crippen LogP contribution in [0.1, 0.15) is 35.6 Å². The van der Waals surface area contributed by atoms with E-state index in [0.717, 1.165) is 62.4 Å². The number of carbonyl (C=O) groups is 1. The van der Waals surface area contributed by atoms with Gasteiger partial charge in [-0.1, -0.05) is 42.5 Å². The van der Waals surface area contributed by atoms with Crippen molar-refractivity contribution in [2.45, 2.75) is 38.1 Å². The van der Waals surface area contributed by atoms with Gasteiger partial charge < -0.3 is 19.5 Å². The Morgan fingerprint density at radius 2 is 1.77 bits per heavy atom. The number of rotatable bonds is 8. The number of anilines is 1. The van der Waals surface area contributed by atoms with Crippen LogP contribution in [0.2, 0.25) is 0 Å². The highest BCUT2D eigenvalue weighted by Gasteiger charge is 2.34. The highest BCUT2D eigenvalue weighted by atomic mass is 16.5. The fourth-order valence-electron chi connectivity index (χ4n) is 5.60. The van der Waals surface area contributed by atoms with Crippen LogP contribution in [0.25, 0.3) is 0 Å². The van der Waals surface area contributed by atoms with E-state index in [2.05, 4.69) is 40.5 Å². The van der Waals surface area contributed by atoms with Crippen LogP contribution in [0.15, 0.2) is 71.5 Å². The molecule has 1 saturated heterocycles. The van der Waals surface area contributed by atoms with E-state index in [9.17, 15) is 9.59 Å². The monoisotopic (exact) mass is 471 g/mol. The molecule has 1 aromatic heterocycles. The van der Waals surface area contributed by atoms with Gasteiger partial charge in [-0.3, -0.25) is 9.59 Å². The van der Waals surface area contributed by atoms with Crippen LogP contribution in [-0.2, 0) is 24.2 Å². The molecule has 1 fully saturated rings. The van der Waals surface area contributed by atoms with Crippen molar-refractivity contribution in [3.05, 3.63) is 93.9 Å². The molecule has 3 heterocycles. The number of hydrogen-bond acceptors (Lipinski definition) is 4. The SMILES string of the molecule is COc1ccc(CC(=O)Nc2ccc3n(c2=O)CC2CC3CN(CCCc3ccccc3)C2)cc1. The number of pyridine rings is 1. The lowest BCUT2D eigenvalue weighted by Crippen LogP contribution is -2.47. The van der Waals surface area contributed by atoms with E-state index in [1.54, 1.807) is 13.2 Å². The maximum absolute atomic E-state index is 13.2. The number of hydrogen-bond donors (Lipinski definition) is 1. The number of nitrogens with one attached hydrogen (secondary N) is 1. The third-order valence-electron chi connectivity index (χ3n) is 7.26. The fourth-order valence-corrected chi connectivity index (χ4v) is 5.60. The summed E-state index contributed by atoms with van der Waals surface area (Å²) in [5.74, 6) is 1.41. The maximum Gasteiger partial charge on any atom is 0.274 e. The maximum atomic E-state index is 13.2. The third kappa shape index (κ3) is 5.49. The van der Waals surface area contributed by atoms with Gasteiger partial charge in [-0.25, -0.2) is 0 Å². The van der Waals surface area contributed by atoms with E-state index in [1.165, 1.54) is 5.56 Å². The summed E-state index contributed by atoms with van der Waals surface area (Å²) < 4.78 is 7.07. The second kappa shape index (κ2) is 10.5. The molecule has 6 heteroatoms. The van der Waals surface area contributed by atoms with Crippen LogP contribution < -0.4 is 15.6 Å². The molecule has 0 spiro atoms. The minimum Gasteiger partial charge on any atom is -0.497 e. The number of carbonyl (C=O) groups excluding carboxylic acids is 1. The highest BCUT2D eigenvalue weighted by Crippen LogP contribution is 2.35. The number of methoxy groups -OCH3 is 1. The molecule has 182 valence electrons. The predicted octanol–water partition coefficient (Wildman–Crippen LogP) is 4.09. The molecule has 1 N–H and O–H groups in total. The van der Waals surface area contributed by atoms with Crippen LogP contribution in [0.3, 0.4) is 0 Å². The first-order valence-electron chi connectivity index (χ1n) is 12.5. The van der Waals surface area contributed by atoms with E-state index in [-0.39, 0.29) is 17.9 Å². The van der Waals surface area contributed by atoms with Crippen LogP contribution in [0.5, 0.6) is 5.75 Å². The largest absolute Gasteiger partial charge is 0.497 e.